The molecule has 0 aromatic rings. The van der Waals surface area contributed by atoms with Crippen LogP contribution in [0.3, 0.4) is 0 Å². The summed E-state index contributed by atoms with van der Waals surface area (Å²) >= 11 is 0. The predicted molar refractivity (Wildman–Crippen MR) is 265 cm³/mol. The van der Waals surface area contributed by atoms with E-state index in [1.807, 2.05) is 0 Å². The molecule has 1 atom stereocenters. The zero-order valence-electron chi connectivity index (χ0n) is 40.9. The summed E-state index contributed by atoms with van der Waals surface area (Å²) in [6, 6.07) is 0. The van der Waals surface area contributed by atoms with Crippen LogP contribution in [-0.2, 0) is 28.6 Å². The first-order valence-corrected chi connectivity index (χ1v) is 26.3. The van der Waals surface area contributed by atoms with Crippen LogP contribution in [0, 0.1) is 0 Å². The number of unbranched alkanes of at least 4 members (excludes halogenated alkanes) is 26. The number of hydrogen-bond acceptors (Lipinski definition) is 6. The molecule has 0 saturated heterocycles. The summed E-state index contributed by atoms with van der Waals surface area (Å²) in [6.07, 6.45) is 62.1. The Balaban J connectivity index is 4.32. The molecule has 0 saturated carbocycles. The lowest BCUT2D eigenvalue weighted by Crippen LogP contribution is -2.30. The summed E-state index contributed by atoms with van der Waals surface area (Å²) in [4.78, 5) is 37.9. The molecule has 0 amide bonds. The van der Waals surface area contributed by atoms with E-state index in [2.05, 4.69) is 81.5 Å². The zero-order chi connectivity index (χ0) is 45.1. The van der Waals surface area contributed by atoms with Gasteiger partial charge in [-0.1, -0.05) is 210 Å². The third-order valence-corrected chi connectivity index (χ3v) is 11.2. The molecule has 0 radical (unpaired) electrons. The number of ether oxygens (including phenoxy) is 3. The molecule has 0 spiro atoms. The van der Waals surface area contributed by atoms with Crippen molar-refractivity contribution in [1.82, 2.24) is 0 Å². The van der Waals surface area contributed by atoms with E-state index in [1.54, 1.807) is 0 Å². The monoisotopic (exact) mass is 867 g/mol. The van der Waals surface area contributed by atoms with Gasteiger partial charge in [-0.05, 0) is 89.9 Å². The fourth-order valence-corrected chi connectivity index (χ4v) is 7.24. The average molecular weight is 867 g/mol. The van der Waals surface area contributed by atoms with Gasteiger partial charge in [0.1, 0.15) is 13.2 Å². The lowest BCUT2D eigenvalue weighted by atomic mass is 10.1. The van der Waals surface area contributed by atoms with Gasteiger partial charge in [-0.3, -0.25) is 14.4 Å². The molecule has 0 N–H and O–H groups in total. The molecule has 0 heterocycles. The third-order valence-electron chi connectivity index (χ3n) is 11.2. The highest BCUT2D eigenvalue weighted by atomic mass is 16.6. The molecule has 6 nitrogen and oxygen atoms in total. The molecule has 62 heavy (non-hydrogen) atoms. The first kappa shape index (κ1) is 59.1. The van der Waals surface area contributed by atoms with Crippen molar-refractivity contribution < 1.29 is 28.6 Å². The Hall–Kier alpha value is -2.89. The highest BCUT2D eigenvalue weighted by molar-refractivity contribution is 5.71. The quantitative estimate of drug-likeness (QED) is 0.0262. The van der Waals surface area contributed by atoms with Gasteiger partial charge in [0.15, 0.2) is 6.10 Å². The van der Waals surface area contributed by atoms with E-state index < -0.39 is 6.10 Å². The predicted octanol–water partition coefficient (Wildman–Crippen LogP) is 17.3. The molecule has 6 heteroatoms. The maximum absolute atomic E-state index is 12.8. The van der Waals surface area contributed by atoms with Crippen molar-refractivity contribution in [2.45, 2.75) is 264 Å². The van der Waals surface area contributed by atoms with E-state index in [0.29, 0.717) is 19.3 Å². The molecule has 358 valence electrons. The summed E-state index contributed by atoms with van der Waals surface area (Å²) in [5.74, 6) is -0.902. The van der Waals surface area contributed by atoms with Crippen LogP contribution in [0.2, 0.25) is 0 Å². The Labute approximate surface area is 383 Å². The molecule has 0 bridgehead atoms. The molecule has 1 unspecified atom stereocenters. The summed E-state index contributed by atoms with van der Waals surface area (Å²) in [5.41, 5.74) is 0. The van der Waals surface area contributed by atoms with E-state index in [-0.39, 0.29) is 31.1 Å². The minimum atomic E-state index is -0.780. The van der Waals surface area contributed by atoms with Gasteiger partial charge in [0.25, 0.3) is 0 Å². The summed E-state index contributed by atoms with van der Waals surface area (Å²) in [5, 5.41) is 0. The van der Waals surface area contributed by atoms with E-state index in [1.165, 1.54) is 128 Å². The van der Waals surface area contributed by atoms with Crippen LogP contribution in [0.5, 0.6) is 0 Å². The van der Waals surface area contributed by atoms with Gasteiger partial charge in [-0.2, -0.15) is 0 Å². The van der Waals surface area contributed by atoms with E-state index in [4.69, 9.17) is 14.2 Å². The Morgan fingerprint density at radius 1 is 0.323 bits per heavy atom. The number of carbonyl (C=O) groups excluding carboxylic acids is 3. The van der Waals surface area contributed by atoms with Gasteiger partial charge < -0.3 is 14.2 Å². The molecule has 0 aliphatic heterocycles. The van der Waals surface area contributed by atoms with Crippen molar-refractivity contribution in [2.24, 2.45) is 0 Å². The standard InChI is InChI=1S/C56H98O6/c1-4-7-10-13-16-19-21-23-25-27-28-30-31-33-35-37-40-43-46-49-55(58)61-52-53(51-60-54(57)48-45-42-39-18-15-12-9-6-3)62-56(59)50-47-44-41-38-36-34-32-29-26-24-22-20-17-14-11-8-5-2/h16-17,19-20,23-26,28,30,53H,4-15,18,21-22,27,29,31-52H2,1-3H3/b19-16-,20-17-,25-23-,26-24-,30-28-. The second-order valence-corrected chi connectivity index (χ2v) is 17.4. The van der Waals surface area contributed by atoms with Crippen molar-refractivity contribution in [3.63, 3.8) is 0 Å². The lowest BCUT2D eigenvalue weighted by Gasteiger charge is -2.18. The molecular weight excluding hydrogens is 769 g/mol. The SMILES string of the molecule is CCCCC/C=C\C/C=C\C/C=C\CCCCCCCCC(=O)OCC(COC(=O)CCCCCCCCCC)OC(=O)CCCCCCCCC/C=C\C/C=C\CCCCC. The molecule has 0 aromatic carbocycles. The highest BCUT2D eigenvalue weighted by Crippen LogP contribution is 2.14. The minimum absolute atomic E-state index is 0.0808. The van der Waals surface area contributed by atoms with Crippen LogP contribution >= 0.6 is 0 Å². The Morgan fingerprint density at radius 3 is 0.935 bits per heavy atom. The Morgan fingerprint density at radius 2 is 0.581 bits per heavy atom. The number of carbonyl (C=O) groups is 3. The van der Waals surface area contributed by atoms with Crippen LogP contribution in [0.1, 0.15) is 258 Å². The van der Waals surface area contributed by atoms with Gasteiger partial charge in [0.05, 0.1) is 0 Å². The van der Waals surface area contributed by atoms with Gasteiger partial charge in [0.2, 0.25) is 0 Å². The van der Waals surface area contributed by atoms with E-state index in [0.717, 1.165) is 89.9 Å². The van der Waals surface area contributed by atoms with Crippen molar-refractivity contribution in [2.75, 3.05) is 13.2 Å². The maximum Gasteiger partial charge on any atom is 0.306 e. The largest absolute Gasteiger partial charge is 0.462 e. The van der Waals surface area contributed by atoms with Crippen LogP contribution in [0.4, 0.5) is 0 Å². The number of rotatable bonds is 47. The average Bonchev–Trinajstić information content (AvgIpc) is 3.27. The number of hydrogen-bond donors (Lipinski definition) is 0. The first-order chi connectivity index (χ1) is 30.5. The molecule has 0 aliphatic rings. The smallest absolute Gasteiger partial charge is 0.306 e. The van der Waals surface area contributed by atoms with E-state index >= 15 is 0 Å². The zero-order valence-corrected chi connectivity index (χ0v) is 40.9. The minimum Gasteiger partial charge on any atom is -0.462 e. The van der Waals surface area contributed by atoms with Gasteiger partial charge in [-0.25, -0.2) is 0 Å². The lowest BCUT2D eigenvalue weighted by molar-refractivity contribution is -0.167. The normalized spacial score (nSPS) is 12.5. The molecule has 0 rings (SSSR count). The molecule has 0 aliphatic carbocycles. The summed E-state index contributed by atoms with van der Waals surface area (Å²) in [7, 11) is 0. The third kappa shape index (κ3) is 48.1. The Kier molecular flexibility index (Phi) is 48.4. The fraction of sp³-hybridized carbons (Fsp3) is 0.768. The number of allylic oxidation sites excluding steroid dienone is 10. The molecular formula is C56H98O6. The van der Waals surface area contributed by atoms with Crippen molar-refractivity contribution in [1.29, 1.82) is 0 Å². The van der Waals surface area contributed by atoms with Gasteiger partial charge >= 0.3 is 17.9 Å². The van der Waals surface area contributed by atoms with Crippen LogP contribution in [0.25, 0.3) is 0 Å². The fourth-order valence-electron chi connectivity index (χ4n) is 7.24. The second kappa shape index (κ2) is 50.8. The molecule has 0 aromatic heterocycles. The second-order valence-electron chi connectivity index (χ2n) is 17.4. The van der Waals surface area contributed by atoms with Gasteiger partial charge in [0, 0.05) is 19.3 Å². The van der Waals surface area contributed by atoms with Crippen LogP contribution in [-0.4, -0.2) is 37.2 Å². The molecule has 0 fully saturated rings. The topological polar surface area (TPSA) is 78.9 Å². The van der Waals surface area contributed by atoms with Gasteiger partial charge in [-0.15, -0.1) is 0 Å². The summed E-state index contributed by atoms with van der Waals surface area (Å²) in [6.45, 7) is 6.55. The Bertz CT molecular complexity index is 1130. The van der Waals surface area contributed by atoms with Crippen LogP contribution in [0.15, 0.2) is 60.8 Å². The highest BCUT2D eigenvalue weighted by Gasteiger charge is 2.19. The maximum atomic E-state index is 12.8. The van der Waals surface area contributed by atoms with Crippen LogP contribution < -0.4 is 0 Å². The number of esters is 3. The first-order valence-electron chi connectivity index (χ1n) is 26.3. The van der Waals surface area contributed by atoms with Crippen molar-refractivity contribution in [3.05, 3.63) is 60.8 Å². The van der Waals surface area contributed by atoms with Crippen molar-refractivity contribution in [3.8, 4) is 0 Å². The summed E-state index contributed by atoms with van der Waals surface area (Å²) < 4.78 is 16.8. The van der Waals surface area contributed by atoms with Crippen molar-refractivity contribution >= 4 is 17.9 Å². The van der Waals surface area contributed by atoms with E-state index in [9.17, 15) is 14.4 Å².